The average molecular weight is 459 g/mol. The van der Waals surface area contributed by atoms with E-state index >= 15 is 0 Å². The first-order valence-corrected chi connectivity index (χ1v) is 13.5. The van der Waals surface area contributed by atoms with E-state index in [0.717, 1.165) is 64.2 Å². The molecule has 2 unspecified atom stereocenters. The summed E-state index contributed by atoms with van der Waals surface area (Å²) in [6.07, 6.45) is 20.1. The van der Waals surface area contributed by atoms with Gasteiger partial charge in [0.1, 0.15) is 0 Å². The third-order valence-corrected chi connectivity index (χ3v) is 6.97. The maximum absolute atomic E-state index is 11.5. The Bertz CT molecular complexity index is 427. The third kappa shape index (κ3) is 24.0. The standard InChI is InChI=1S/C23H48O4S.K/c1-3-4-5-6-7-8-11-14-17-20-23(28(25,26)27)21-18-15-12-9-10-13-16-19-22(2)24;/h22-24H,3-21H2,1-2H3,(H,25,26,27);/q;+1/p-1. The van der Waals surface area contributed by atoms with Gasteiger partial charge in [-0.2, -0.15) is 0 Å². The molecule has 0 aromatic carbocycles. The quantitative estimate of drug-likeness (QED) is 0.162. The van der Waals surface area contributed by atoms with Gasteiger partial charge in [0.05, 0.1) is 16.2 Å². The normalized spacial score (nSPS) is 13.8. The predicted molar refractivity (Wildman–Crippen MR) is 119 cm³/mol. The molecule has 170 valence electrons. The van der Waals surface area contributed by atoms with Gasteiger partial charge in [-0.3, -0.25) is 0 Å². The second-order valence-electron chi connectivity index (χ2n) is 8.63. The summed E-state index contributed by atoms with van der Waals surface area (Å²) < 4.78 is 34.5. The van der Waals surface area contributed by atoms with Gasteiger partial charge in [-0.1, -0.05) is 110 Å². The number of aliphatic hydroxyl groups excluding tert-OH is 1. The van der Waals surface area contributed by atoms with Crippen LogP contribution in [0.3, 0.4) is 0 Å². The van der Waals surface area contributed by atoms with Crippen LogP contribution >= 0.6 is 0 Å². The first-order valence-electron chi connectivity index (χ1n) is 12.0. The minimum Gasteiger partial charge on any atom is -0.748 e. The summed E-state index contributed by atoms with van der Waals surface area (Å²) in [4.78, 5) is 0. The molecule has 1 N–H and O–H groups in total. The second-order valence-corrected chi connectivity index (χ2v) is 10.3. The minimum absolute atomic E-state index is 0. The van der Waals surface area contributed by atoms with E-state index in [-0.39, 0.29) is 57.5 Å². The smallest absolute Gasteiger partial charge is 0.748 e. The van der Waals surface area contributed by atoms with Crippen LogP contribution in [-0.4, -0.2) is 29.4 Å². The van der Waals surface area contributed by atoms with Gasteiger partial charge in [0.15, 0.2) is 0 Å². The van der Waals surface area contributed by atoms with Crippen LogP contribution in [-0.2, 0) is 10.1 Å². The van der Waals surface area contributed by atoms with Gasteiger partial charge in [-0.25, -0.2) is 8.42 Å². The molecular formula is C23H47KO4S. The van der Waals surface area contributed by atoms with E-state index in [4.69, 9.17) is 0 Å². The molecule has 0 radical (unpaired) electrons. The van der Waals surface area contributed by atoms with Gasteiger partial charge < -0.3 is 9.66 Å². The van der Waals surface area contributed by atoms with E-state index in [1.165, 1.54) is 44.9 Å². The molecule has 0 aromatic heterocycles. The molecule has 0 amide bonds. The van der Waals surface area contributed by atoms with Crippen LogP contribution in [0.1, 0.15) is 136 Å². The summed E-state index contributed by atoms with van der Waals surface area (Å²) in [5.41, 5.74) is 0. The van der Waals surface area contributed by atoms with E-state index in [1.54, 1.807) is 0 Å². The zero-order valence-electron chi connectivity index (χ0n) is 19.7. The van der Waals surface area contributed by atoms with Gasteiger partial charge >= 0.3 is 51.4 Å². The molecule has 0 aliphatic rings. The van der Waals surface area contributed by atoms with Crippen LogP contribution in [0.15, 0.2) is 0 Å². The van der Waals surface area contributed by atoms with Crippen molar-refractivity contribution in [3.63, 3.8) is 0 Å². The first-order chi connectivity index (χ1) is 13.4. The van der Waals surface area contributed by atoms with E-state index in [2.05, 4.69) is 6.92 Å². The summed E-state index contributed by atoms with van der Waals surface area (Å²) in [5, 5.41) is 8.53. The van der Waals surface area contributed by atoms with Crippen molar-refractivity contribution in [2.75, 3.05) is 0 Å². The zero-order chi connectivity index (χ0) is 21.1. The van der Waals surface area contributed by atoms with Gasteiger partial charge in [0.25, 0.3) is 0 Å². The summed E-state index contributed by atoms with van der Waals surface area (Å²) in [6, 6.07) is 0. The zero-order valence-corrected chi connectivity index (χ0v) is 23.6. The Balaban J connectivity index is 0. The number of aliphatic hydroxyl groups is 1. The second kappa shape index (κ2) is 22.7. The van der Waals surface area contributed by atoms with Gasteiger partial charge in [0, 0.05) is 5.25 Å². The largest absolute Gasteiger partial charge is 1.00 e. The summed E-state index contributed by atoms with van der Waals surface area (Å²) in [7, 11) is -4.16. The third-order valence-electron chi connectivity index (χ3n) is 5.69. The average Bonchev–Trinajstić information content (AvgIpc) is 2.62. The molecule has 0 fully saturated rings. The number of unbranched alkanes of at least 4 members (excludes halogenated alkanes) is 14. The molecule has 4 nitrogen and oxygen atoms in total. The number of hydrogen-bond donors (Lipinski definition) is 1. The molecule has 2 atom stereocenters. The van der Waals surface area contributed by atoms with E-state index < -0.39 is 15.4 Å². The fourth-order valence-electron chi connectivity index (χ4n) is 3.81. The van der Waals surface area contributed by atoms with Crippen molar-refractivity contribution in [1.82, 2.24) is 0 Å². The molecule has 0 aromatic rings. The maximum atomic E-state index is 11.5. The first kappa shape index (κ1) is 32.7. The summed E-state index contributed by atoms with van der Waals surface area (Å²) in [5.74, 6) is 0. The van der Waals surface area contributed by atoms with E-state index in [9.17, 15) is 18.1 Å². The summed E-state index contributed by atoms with van der Waals surface area (Å²) in [6.45, 7) is 4.05. The molecule has 0 spiro atoms. The molecule has 0 rings (SSSR count). The maximum Gasteiger partial charge on any atom is 1.00 e. The predicted octanol–water partition coefficient (Wildman–Crippen LogP) is 3.72. The number of rotatable bonds is 21. The Morgan fingerprint density at radius 2 is 0.966 bits per heavy atom. The van der Waals surface area contributed by atoms with Crippen molar-refractivity contribution in [3.8, 4) is 0 Å². The Morgan fingerprint density at radius 3 is 1.28 bits per heavy atom. The molecule has 6 heteroatoms. The van der Waals surface area contributed by atoms with Crippen molar-refractivity contribution in [1.29, 1.82) is 0 Å². The van der Waals surface area contributed by atoms with Crippen LogP contribution in [0.4, 0.5) is 0 Å². The molecule has 0 bridgehead atoms. The molecule has 0 aliphatic heterocycles. The van der Waals surface area contributed by atoms with Gasteiger partial charge in [-0.15, -0.1) is 0 Å². The SMILES string of the molecule is CCCCCCCCCCCC(CCCCCCCCCC(C)O)S(=O)(=O)[O-].[K+]. The summed E-state index contributed by atoms with van der Waals surface area (Å²) >= 11 is 0. The Hall–Kier alpha value is 1.51. The Morgan fingerprint density at radius 1 is 0.655 bits per heavy atom. The van der Waals surface area contributed by atoms with Crippen molar-refractivity contribution in [3.05, 3.63) is 0 Å². The van der Waals surface area contributed by atoms with Crippen molar-refractivity contribution < 1.29 is 69.5 Å². The van der Waals surface area contributed by atoms with Crippen LogP contribution in [0.5, 0.6) is 0 Å². The number of hydrogen-bond acceptors (Lipinski definition) is 4. The molecule has 0 aliphatic carbocycles. The topological polar surface area (TPSA) is 77.4 Å². The molecular weight excluding hydrogens is 411 g/mol. The Kier molecular flexibility index (Phi) is 25.6. The van der Waals surface area contributed by atoms with Crippen LogP contribution < -0.4 is 51.4 Å². The van der Waals surface area contributed by atoms with Crippen molar-refractivity contribution in [2.24, 2.45) is 0 Å². The van der Waals surface area contributed by atoms with Gasteiger partial charge in [0.2, 0.25) is 0 Å². The minimum atomic E-state index is -4.16. The molecule has 0 heterocycles. The monoisotopic (exact) mass is 458 g/mol. The van der Waals surface area contributed by atoms with Gasteiger partial charge in [-0.05, 0) is 26.2 Å². The van der Waals surface area contributed by atoms with Crippen molar-refractivity contribution >= 4 is 10.1 Å². The fraction of sp³-hybridized carbons (Fsp3) is 1.00. The van der Waals surface area contributed by atoms with Crippen molar-refractivity contribution in [2.45, 2.75) is 147 Å². The van der Waals surface area contributed by atoms with Crippen LogP contribution in [0.2, 0.25) is 0 Å². The van der Waals surface area contributed by atoms with Crippen LogP contribution in [0.25, 0.3) is 0 Å². The molecule has 0 saturated heterocycles. The molecule has 0 saturated carbocycles. The Labute approximate surface area is 224 Å². The van der Waals surface area contributed by atoms with E-state index in [1.807, 2.05) is 6.92 Å². The van der Waals surface area contributed by atoms with E-state index in [0.29, 0.717) is 12.8 Å². The molecule has 29 heavy (non-hydrogen) atoms. The fourth-order valence-corrected chi connectivity index (χ4v) is 4.72. The van der Waals surface area contributed by atoms with Crippen LogP contribution in [0, 0.1) is 0 Å².